The molecule has 0 bridgehead atoms. The zero-order chi connectivity index (χ0) is 15.2. The molecule has 1 saturated heterocycles. The quantitative estimate of drug-likeness (QED) is 0.873. The molecule has 5 heteroatoms. The zero-order valence-corrected chi connectivity index (χ0v) is 13.7. The molecule has 1 atom stereocenters. The maximum absolute atomic E-state index is 5.67. The SMILES string of the molecule is Cc1cc(OC(C)C)nc(NC(C)CN2CCCCC2)n1. The standard InChI is InChI=1S/C16H28N4O/c1-12(2)21-15-10-13(3)17-16(19-15)18-14(4)11-20-8-6-5-7-9-20/h10,12,14H,5-9,11H2,1-4H3,(H,17,18,19). The molecule has 1 aliphatic heterocycles. The number of aryl methyl sites for hydroxylation is 1. The van der Waals surface area contributed by atoms with Gasteiger partial charge in [0.1, 0.15) is 0 Å². The molecule has 1 aromatic rings. The van der Waals surface area contributed by atoms with E-state index in [0.717, 1.165) is 12.2 Å². The van der Waals surface area contributed by atoms with E-state index in [4.69, 9.17) is 4.74 Å². The summed E-state index contributed by atoms with van der Waals surface area (Å²) in [6.45, 7) is 11.6. The van der Waals surface area contributed by atoms with Crippen LogP contribution in [-0.4, -0.2) is 46.6 Å². The van der Waals surface area contributed by atoms with E-state index in [0.29, 0.717) is 17.9 Å². The minimum absolute atomic E-state index is 0.123. The summed E-state index contributed by atoms with van der Waals surface area (Å²) in [5.41, 5.74) is 0.924. The highest BCUT2D eigenvalue weighted by molar-refractivity contribution is 5.31. The van der Waals surface area contributed by atoms with Gasteiger partial charge in [-0.2, -0.15) is 4.98 Å². The third-order valence-electron chi connectivity index (χ3n) is 3.54. The Morgan fingerprint density at radius 3 is 2.57 bits per heavy atom. The molecule has 1 unspecified atom stereocenters. The first-order chi connectivity index (χ1) is 10.0. The number of nitrogens with zero attached hydrogens (tertiary/aromatic N) is 3. The highest BCUT2D eigenvalue weighted by atomic mass is 16.5. The van der Waals surface area contributed by atoms with Crippen LogP contribution in [0.4, 0.5) is 5.95 Å². The summed E-state index contributed by atoms with van der Waals surface area (Å²) < 4.78 is 5.67. The van der Waals surface area contributed by atoms with E-state index in [1.54, 1.807) is 0 Å². The lowest BCUT2D eigenvalue weighted by molar-refractivity contribution is 0.222. The lowest BCUT2D eigenvalue weighted by atomic mass is 10.1. The monoisotopic (exact) mass is 292 g/mol. The third kappa shape index (κ3) is 5.50. The van der Waals surface area contributed by atoms with Crippen molar-refractivity contribution in [3.8, 4) is 5.88 Å². The average Bonchev–Trinajstić information content (AvgIpc) is 2.37. The van der Waals surface area contributed by atoms with Crippen molar-refractivity contribution in [1.29, 1.82) is 0 Å². The second kappa shape index (κ2) is 7.59. The molecule has 0 aliphatic carbocycles. The Morgan fingerprint density at radius 2 is 1.90 bits per heavy atom. The number of piperidine rings is 1. The number of hydrogen-bond acceptors (Lipinski definition) is 5. The van der Waals surface area contributed by atoms with Crippen LogP contribution in [0, 0.1) is 6.92 Å². The van der Waals surface area contributed by atoms with Crippen LogP contribution in [0.15, 0.2) is 6.07 Å². The normalized spacial score (nSPS) is 17.8. The van der Waals surface area contributed by atoms with Crippen molar-refractivity contribution in [1.82, 2.24) is 14.9 Å². The molecule has 0 radical (unpaired) electrons. The summed E-state index contributed by atoms with van der Waals surface area (Å²) in [6.07, 6.45) is 4.13. The Hall–Kier alpha value is -1.36. The van der Waals surface area contributed by atoms with Gasteiger partial charge < -0.3 is 15.0 Å². The van der Waals surface area contributed by atoms with Gasteiger partial charge in [-0.05, 0) is 53.6 Å². The molecule has 1 aliphatic rings. The number of anilines is 1. The van der Waals surface area contributed by atoms with Gasteiger partial charge in [-0.1, -0.05) is 6.42 Å². The number of ether oxygens (including phenoxy) is 1. The summed E-state index contributed by atoms with van der Waals surface area (Å²) in [7, 11) is 0. The van der Waals surface area contributed by atoms with Crippen molar-refractivity contribution >= 4 is 5.95 Å². The molecule has 1 fully saturated rings. The number of hydrogen-bond donors (Lipinski definition) is 1. The summed E-state index contributed by atoms with van der Waals surface area (Å²) in [5, 5.41) is 3.40. The molecule has 21 heavy (non-hydrogen) atoms. The summed E-state index contributed by atoms with van der Waals surface area (Å²) >= 11 is 0. The maximum Gasteiger partial charge on any atom is 0.226 e. The van der Waals surface area contributed by atoms with Crippen LogP contribution in [0.1, 0.15) is 45.7 Å². The van der Waals surface area contributed by atoms with Gasteiger partial charge in [-0.15, -0.1) is 0 Å². The molecular formula is C16H28N4O. The molecule has 118 valence electrons. The van der Waals surface area contributed by atoms with Crippen molar-refractivity contribution < 1.29 is 4.74 Å². The molecule has 0 aromatic carbocycles. The first-order valence-corrected chi connectivity index (χ1v) is 8.04. The predicted molar refractivity (Wildman–Crippen MR) is 85.9 cm³/mol. The maximum atomic E-state index is 5.67. The molecule has 0 amide bonds. The molecule has 0 spiro atoms. The van der Waals surface area contributed by atoms with E-state index >= 15 is 0 Å². The molecule has 1 N–H and O–H groups in total. The van der Waals surface area contributed by atoms with Crippen molar-refractivity contribution in [2.24, 2.45) is 0 Å². The lowest BCUT2D eigenvalue weighted by Crippen LogP contribution is -2.38. The van der Waals surface area contributed by atoms with E-state index < -0.39 is 0 Å². The van der Waals surface area contributed by atoms with Crippen LogP contribution in [0.2, 0.25) is 0 Å². The van der Waals surface area contributed by atoms with Crippen LogP contribution in [0.25, 0.3) is 0 Å². The van der Waals surface area contributed by atoms with Gasteiger partial charge in [-0.25, -0.2) is 4.98 Å². The van der Waals surface area contributed by atoms with Crippen LogP contribution >= 0.6 is 0 Å². The zero-order valence-electron chi connectivity index (χ0n) is 13.7. The topological polar surface area (TPSA) is 50.3 Å². The summed E-state index contributed by atoms with van der Waals surface area (Å²) in [4.78, 5) is 11.4. The number of nitrogens with one attached hydrogen (secondary N) is 1. The first kappa shape index (κ1) is 16.0. The van der Waals surface area contributed by atoms with Gasteiger partial charge in [0.25, 0.3) is 0 Å². The van der Waals surface area contributed by atoms with Crippen LogP contribution < -0.4 is 10.1 Å². The molecular weight excluding hydrogens is 264 g/mol. The Kier molecular flexibility index (Phi) is 5.79. The highest BCUT2D eigenvalue weighted by Gasteiger charge is 2.14. The number of likely N-dealkylation sites (tertiary alicyclic amines) is 1. The van der Waals surface area contributed by atoms with Crippen molar-refractivity contribution in [3.05, 3.63) is 11.8 Å². The first-order valence-electron chi connectivity index (χ1n) is 8.04. The predicted octanol–water partition coefficient (Wildman–Crippen LogP) is 2.86. The fourth-order valence-corrected chi connectivity index (χ4v) is 2.70. The van der Waals surface area contributed by atoms with Crippen LogP contribution in [0.3, 0.4) is 0 Å². The average molecular weight is 292 g/mol. The highest BCUT2D eigenvalue weighted by Crippen LogP contribution is 2.15. The molecule has 2 rings (SSSR count). The Morgan fingerprint density at radius 1 is 1.19 bits per heavy atom. The van der Waals surface area contributed by atoms with Gasteiger partial charge in [0.15, 0.2) is 0 Å². The summed E-state index contributed by atoms with van der Waals surface area (Å²) in [6, 6.07) is 2.21. The van der Waals surface area contributed by atoms with E-state index in [-0.39, 0.29) is 6.10 Å². The Bertz CT molecular complexity index is 444. The van der Waals surface area contributed by atoms with Crippen molar-refractivity contribution in [3.63, 3.8) is 0 Å². The lowest BCUT2D eigenvalue weighted by Gasteiger charge is -2.29. The largest absolute Gasteiger partial charge is 0.475 e. The fourth-order valence-electron chi connectivity index (χ4n) is 2.70. The van der Waals surface area contributed by atoms with E-state index in [1.165, 1.54) is 32.4 Å². The van der Waals surface area contributed by atoms with Gasteiger partial charge in [-0.3, -0.25) is 0 Å². The second-order valence-electron chi connectivity index (χ2n) is 6.24. The fraction of sp³-hybridized carbons (Fsp3) is 0.750. The molecule has 2 heterocycles. The molecule has 0 saturated carbocycles. The molecule has 1 aromatic heterocycles. The van der Waals surface area contributed by atoms with Crippen LogP contribution in [0.5, 0.6) is 5.88 Å². The van der Waals surface area contributed by atoms with Gasteiger partial charge >= 0.3 is 0 Å². The number of rotatable bonds is 6. The van der Waals surface area contributed by atoms with Crippen LogP contribution in [-0.2, 0) is 0 Å². The van der Waals surface area contributed by atoms with Gasteiger partial charge in [0.05, 0.1) is 6.10 Å². The van der Waals surface area contributed by atoms with E-state index in [9.17, 15) is 0 Å². The van der Waals surface area contributed by atoms with Crippen molar-refractivity contribution in [2.45, 2.75) is 59.1 Å². The van der Waals surface area contributed by atoms with E-state index in [1.807, 2.05) is 26.8 Å². The third-order valence-corrected chi connectivity index (χ3v) is 3.54. The van der Waals surface area contributed by atoms with Gasteiger partial charge in [0.2, 0.25) is 11.8 Å². The van der Waals surface area contributed by atoms with E-state index in [2.05, 4.69) is 27.1 Å². The Balaban J connectivity index is 1.92. The number of aromatic nitrogens is 2. The minimum atomic E-state index is 0.123. The van der Waals surface area contributed by atoms with Gasteiger partial charge in [0, 0.05) is 24.3 Å². The van der Waals surface area contributed by atoms with Crippen molar-refractivity contribution in [2.75, 3.05) is 25.0 Å². The summed E-state index contributed by atoms with van der Waals surface area (Å²) in [5.74, 6) is 1.31. The second-order valence-corrected chi connectivity index (χ2v) is 6.24. The Labute approximate surface area is 128 Å². The molecule has 5 nitrogen and oxygen atoms in total. The minimum Gasteiger partial charge on any atom is -0.475 e. The smallest absolute Gasteiger partial charge is 0.226 e.